The molecule has 1 heterocycles. The van der Waals surface area contributed by atoms with Gasteiger partial charge in [-0.2, -0.15) is 10.2 Å². The van der Waals surface area contributed by atoms with Gasteiger partial charge in [-0.1, -0.05) is 103 Å². The topological polar surface area (TPSA) is 24.7 Å². The summed E-state index contributed by atoms with van der Waals surface area (Å²) >= 11 is 0. The lowest BCUT2D eigenvalue weighted by atomic mass is 9.82. The first-order valence-electron chi connectivity index (χ1n) is 9.16. The van der Waals surface area contributed by atoms with E-state index in [4.69, 9.17) is 0 Å². The minimum atomic E-state index is 0.0147. The Hall–Kier alpha value is -3.52. The van der Waals surface area contributed by atoms with Crippen LogP contribution in [0.15, 0.2) is 113 Å². The fourth-order valence-corrected chi connectivity index (χ4v) is 3.82. The molecule has 0 saturated carbocycles. The third-order valence-electron chi connectivity index (χ3n) is 5.09. The molecule has 0 saturated heterocycles. The highest BCUT2D eigenvalue weighted by atomic mass is 15.2. The van der Waals surface area contributed by atoms with Crippen LogP contribution < -0.4 is 0 Å². The normalized spacial score (nSPS) is 14.2. The number of hydrogen-bond donors (Lipinski definition) is 0. The van der Waals surface area contributed by atoms with Crippen molar-refractivity contribution in [3.63, 3.8) is 0 Å². The third-order valence-corrected chi connectivity index (χ3v) is 5.09. The molecule has 0 aromatic heterocycles. The maximum absolute atomic E-state index is 4.63. The first-order chi connectivity index (χ1) is 13.4. The van der Waals surface area contributed by atoms with Crippen LogP contribution in [0.2, 0.25) is 0 Å². The van der Waals surface area contributed by atoms with Gasteiger partial charge in [0.25, 0.3) is 0 Å². The summed E-state index contributed by atoms with van der Waals surface area (Å²) in [4.78, 5) is 0. The summed E-state index contributed by atoms with van der Waals surface area (Å²) in [6, 6.07) is 35.7. The summed E-state index contributed by atoms with van der Waals surface area (Å²) in [5.41, 5.74) is 5.49. The zero-order valence-corrected chi connectivity index (χ0v) is 14.8. The molecule has 27 heavy (non-hydrogen) atoms. The molecule has 2 nitrogen and oxygen atoms in total. The van der Waals surface area contributed by atoms with E-state index in [0.717, 1.165) is 22.6 Å². The monoisotopic (exact) mass is 346 g/mol. The highest BCUT2D eigenvalue weighted by Crippen LogP contribution is 2.35. The maximum Gasteiger partial charge on any atom is 0.0838 e. The second kappa shape index (κ2) is 6.65. The molecule has 5 rings (SSSR count). The summed E-state index contributed by atoms with van der Waals surface area (Å²) in [5.74, 6) is 0.0147. The lowest BCUT2D eigenvalue weighted by Crippen LogP contribution is -2.20. The molecular weight excluding hydrogens is 328 g/mol. The van der Waals surface area contributed by atoms with Crippen LogP contribution in [0.3, 0.4) is 0 Å². The molecule has 2 heteroatoms. The molecule has 0 amide bonds. The number of hydrogen-bond acceptors (Lipinski definition) is 2. The summed E-state index contributed by atoms with van der Waals surface area (Å²) in [6.45, 7) is 0. The van der Waals surface area contributed by atoms with Crippen LogP contribution in [0.5, 0.6) is 0 Å². The predicted molar refractivity (Wildman–Crippen MR) is 113 cm³/mol. The zero-order valence-electron chi connectivity index (χ0n) is 14.8. The summed E-state index contributed by atoms with van der Waals surface area (Å²) in [7, 11) is 0. The van der Waals surface area contributed by atoms with Crippen molar-refractivity contribution in [3.05, 3.63) is 120 Å². The standard InChI is InChI=1S/C25H18N2/c1-3-11-19(12-4-1)24-23(25(27-26-24)20-13-5-2-6-14-20)22-17-9-15-18-10-7-8-16-21(18)22/h1-17,23H. The fourth-order valence-electron chi connectivity index (χ4n) is 3.82. The first kappa shape index (κ1) is 15.7. The van der Waals surface area contributed by atoms with Crippen molar-refractivity contribution in [1.29, 1.82) is 0 Å². The van der Waals surface area contributed by atoms with Gasteiger partial charge in [-0.3, -0.25) is 0 Å². The summed E-state index contributed by atoms with van der Waals surface area (Å²) in [6.07, 6.45) is 0. The largest absolute Gasteiger partial charge is 0.154 e. The quantitative estimate of drug-likeness (QED) is 0.446. The molecule has 0 fully saturated rings. The molecule has 4 aromatic carbocycles. The number of fused-ring (bicyclic) bond motifs is 1. The van der Waals surface area contributed by atoms with E-state index in [-0.39, 0.29) is 5.92 Å². The van der Waals surface area contributed by atoms with Gasteiger partial charge in [0.15, 0.2) is 0 Å². The van der Waals surface area contributed by atoms with Gasteiger partial charge in [-0.25, -0.2) is 0 Å². The Balaban J connectivity index is 1.72. The number of rotatable bonds is 3. The molecule has 0 unspecified atom stereocenters. The number of benzene rings is 4. The Bertz CT molecular complexity index is 1100. The van der Waals surface area contributed by atoms with E-state index in [1.807, 2.05) is 12.1 Å². The van der Waals surface area contributed by atoms with Crippen molar-refractivity contribution in [2.45, 2.75) is 5.92 Å². The average molecular weight is 346 g/mol. The van der Waals surface area contributed by atoms with E-state index < -0.39 is 0 Å². The van der Waals surface area contributed by atoms with Gasteiger partial charge in [-0.15, -0.1) is 0 Å². The second-order valence-electron chi connectivity index (χ2n) is 6.70. The molecule has 0 N–H and O–H groups in total. The van der Waals surface area contributed by atoms with E-state index in [2.05, 4.69) is 101 Å². The third kappa shape index (κ3) is 2.76. The first-order valence-corrected chi connectivity index (χ1v) is 9.16. The van der Waals surface area contributed by atoms with Crippen molar-refractivity contribution < 1.29 is 0 Å². The van der Waals surface area contributed by atoms with Gasteiger partial charge >= 0.3 is 0 Å². The minimum Gasteiger partial charge on any atom is -0.154 e. The molecule has 0 atom stereocenters. The van der Waals surface area contributed by atoms with Crippen molar-refractivity contribution >= 4 is 22.2 Å². The molecule has 0 spiro atoms. The Labute approximate surface area is 158 Å². The SMILES string of the molecule is c1ccc(C2=NN=C(c3ccccc3)C2c2cccc3ccccc23)cc1. The van der Waals surface area contributed by atoms with Gasteiger partial charge in [0.2, 0.25) is 0 Å². The molecule has 1 aliphatic heterocycles. The Morgan fingerprint density at radius 3 is 1.63 bits per heavy atom. The van der Waals surface area contributed by atoms with E-state index in [1.54, 1.807) is 0 Å². The highest BCUT2D eigenvalue weighted by Gasteiger charge is 2.31. The van der Waals surface area contributed by atoms with Crippen LogP contribution in [0.25, 0.3) is 10.8 Å². The highest BCUT2D eigenvalue weighted by molar-refractivity contribution is 6.27. The molecule has 4 aromatic rings. The molecular formula is C25H18N2. The van der Waals surface area contributed by atoms with Crippen LogP contribution in [-0.2, 0) is 0 Å². The maximum atomic E-state index is 4.63. The van der Waals surface area contributed by atoms with Crippen LogP contribution >= 0.6 is 0 Å². The molecule has 0 aliphatic carbocycles. The van der Waals surface area contributed by atoms with Crippen molar-refractivity contribution in [2.75, 3.05) is 0 Å². The van der Waals surface area contributed by atoms with Crippen LogP contribution in [-0.4, -0.2) is 11.4 Å². The van der Waals surface area contributed by atoms with Gasteiger partial charge in [0.1, 0.15) is 0 Å². The summed E-state index contributed by atoms with van der Waals surface area (Å²) in [5, 5.41) is 11.8. The van der Waals surface area contributed by atoms with Gasteiger partial charge in [0.05, 0.1) is 17.3 Å². The molecule has 128 valence electrons. The lowest BCUT2D eigenvalue weighted by Gasteiger charge is -2.19. The van der Waals surface area contributed by atoms with Crippen molar-refractivity contribution in [1.82, 2.24) is 0 Å². The molecule has 0 bridgehead atoms. The lowest BCUT2D eigenvalue weighted by molar-refractivity contribution is 1.25. The Morgan fingerprint density at radius 1 is 0.481 bits per heavy atom. The van der Waals surface area contributed by atoms with Crippen molar-refractivity contribution in [3.8, 4) is 0 Å². The van der Waals surface area contributed by atoms with Crippen LogP contribution in [0.1, 0.15) is 22.6 Å². The van der Waals surface area contributed by atoms with E-state index in [0.29, 0.717) is 0 Å². The molecule has 1 aliphatic rings. The smallest absolute Gasteiger partial charge is 0.0838 e. The Kier molecular flexibility index (Phi) is 3.87. The average Bonchev–Trinajstić information content (AvgIpc) is 3.19. The zero-order chi connectivity index (χ0) is 18.1. The van der Waals surface area contributed by atoms with E-state index in [1.165, 1.54) is 16.3 Å². The molecule has 0 radical (unpaired) electrons. The number of nitrogens with zero attached hydrogens (tertiary/aromatic N) is 2. The minimum absolute atomic E-state index is 0.0147. The van der Waals surface area contributed by atoms with Crippen LogP contribution in [0, 0.1) is 0 Å². The van der Waals surface area contributed by atoms with Gasteiger partial charge < -0.3 is 0 Å². The van der Waals surface area contributed by atoms with E-state index in [9.17, 15) is 0 Å². The van der Waals surface area contributed by atoms with Gasteiger partial charge in [0, 0.05) is 0 Å². The fraction of sp³-hybridized carbons (Fsp3) is 0.0400. The van der Waals surface area contributed by atoms with Crippen LogP contribution in [0.4, 0.5) is 0 Å². The van der Waals surface area contributed by atoms with E-state index >= 15 is 0 Å². The van der Waals surface area contributed by atoms with Gasteiger partial charge in [-0.05, 0) is 27.5 Å². The predicted octanol–water partition coefficient (Wildman–Crippen LogP) is 5.83. The van der Waals surface area contributed by atoms with Crippen molar-refractivity contribution in [2.24, 2.45) is 10.2 Å². The second-order valence-corrected chi connectivity index (χ2v) is 6.70. The summed E-state index contributed by atoms with van der Waals surface area (Å²) < 4.78 is 0. The Morgan fingerprint density at radius 2 is 1.00 bits per heavy atom.